The molecule has 0 bridgehead atoms. The van der Waals surface area contributed by atoms with E-state index in [4.69, 9.17) is 4.74 Å². The molecule has 5 rings (SSSR count). The summed E-state index contributed by atoms with van der Waals surface area (Å²) >= 11 is 0. The van der Waals surface area contributed by atoms with E-state index in [1.54, 1.807) is 35.9 Å². The van der Waals surface area contributed by atoms with Gasteiger partial charge in [0.1, 0.15) is 23.0 Å². The molecule has 0 fully saturated rings. The van der Waals surface area contributed by atoms with Crippen LogP contribution in [0.5, 0.6) is 11.5 Å². The second kappa shape index (κ2) is 10.0. The van der Waals surface area contributed by atoms with Gasteiger partial charge >= 0.3 is 6.18 Å². The Morgan fingerprint density at radius 1 is 1.00 bits per heavy atom. The van der Waals surface area contributed by atoms with Crippen molar-refractivity contribution in [2.45, 2.75) is 6.18 Å². The highest BCUT2D eigenvalue weighted by Crippen LogP contribution is 2.36. The van der Waals surface area contributed by atoms with E-state index in [1.807, 2.05) is 0 Å². The molecule has 0 atom stereocenters. The Morgan fingerprint density at radius 2 is 1.79 bits per heavy atom. The van der Waals surface area contributed by atoms with E-state index >= 15 is 0 Å². The van der Waals surface area contributed by atoms with E-state index in [-0.39, 0.29) is 34.4 Å². The van der Waals surface area contributed by atoms with E-state index < -0.39 is 17.6 Å². The molecule has 2 aromatic carbocycles. The molecule has 12 heteroatoms. The number of carbonyl (C=O) groups is 1. The number of nitrogens with one attached hydrogen (secondary N) is 2. The van der Waals surface area contributed by atoms with E-state index in [1.165, 1.54) is 37.6 Å². The first-order chi connectivity index (χ1) is 18.6. The summed E-state index contributed by atoms with van der Waals surface area (Å²) < 4.78 is 62.9. The van der Waals surface area contributed by atoms with Crippen molar-refractivity contribution in [1.82, 2.24) is 24.8 Å². The van der Waals surface area contributed by atoms with Gasteiger partial charge in [0, 0.05) is 49.9 Å². The molecule has 3 heterocycles. The van der Waals surface area contributed by atoms with Crippen LogP contribution in [0.1, 0.15) is 16.1 Å². The van der Waals surface area contributed by atoms with Crippen LogP contribution in [-0.2, 0) is 13.2 Å². The van der Waals surface area contributed by atoms with Crippen LogP contribution in [0.3, 0.4) is 0 Å². The molecule has 8 nitrogen and oxygen atoms in total. The third kappa shape index (κ3) is 5.35. The normalized spacial score (nSPS) is 11.4. The number of aromatic nitrogens is 4. The van der Waals surface area contributed by atoms with Crippen molar-refractivity contribution in [1.29, 1.82) is 0 Å². The van der Waals surface area contributed by atoms with Crippen LogP contribution in [0, 0.1) is 5.82 Å². The quantitative estimate of drug-likeness (QED) is 0.256. The molecule has 198 valence electrons. The molecule has 0 aliphatic rings. The standard InChI is InChI=1S/C27H20F4N6O2/c1-32-25(38)23-13-19(5-8-34-23)39-18-3-4-24-22(12-18)36-26(37(24)2)35-17-10-15(9-16(11-17)27(29,30)31)20-6-7-33-14-21(20)28/h3-14H,1-2H3,(H,32,38)(H,35,36). The van der Waals surface area contributed by atoms with Gasteiger partial charge in [-0.1, -0.05) is 0 Å². The molecule has 0 saturated carbocycles. The smallest absolute Gasteiger partial charge is 0.416 e. The number of imidazole rings is 1. The number of rotatable bonds is 6. The summed E-state index contributed by atoms with van der Waals surface area (Å²) in [6.07, 6.45) is -0.955. The van der Waals surface area contributed by atoms with Crippen molar-refractivity contribution in [2.24, 2.45) is 7.05 Å². The summed E-state index contributed by atoms with van der Waals surface area (Å²) in [5.41, 5.74) is 0.527. The van der Waals surface area contributed by atoms with E-state index in [0.717, 1.165) is 18.3 Å². The zero-order valence-electron chi connectivity index (χ0n) is 20.5. The molecule has 2 N–H and O–H groups in total. The Bertz CT molecular complexity index is 1700. The number of hydrogen-bond donors (Lipinski definition) is 2. The minimum absolute atomic E-state index is 0.0124. The zero-order chi connectivity index (χ0) is 27.7. The molecule has 39 heavy (non-hydrogen) atoms. The van der Waals surface area contributed by atoms with Crippen LogP contribution in [0.2, 0.25) is 0 Å². The topological polar surface area (TPSA) is 94.0 Å². The maximum Gasteiger partial charge on any atom is 0.416 e. The summed E-state index contributed by atoms with van der Waals surface area (Å²) in [5.74, 6) is -0.0309. The molecule has 0 aliphatic heterocycles. The van der Waals surface area contributed by atoms with E-state index in [9.17, 15) is 22.4 Å². The zero-order valence-corrected chi connectivity index (χ0v) is 20.5. The monoisotopic (exact) mass is 536 g/mol. The fourth-order valence-corrected chi connectivity index (χ4v) is 3.98. The van der Waals surface area contributed by atoms with Crippen molar-refractivity contribution in [2.75, 3.05) is 12.4 Å². The molecule has 0 radical (unpaired) electrons. The second-order valence-electron chi connectivity index (χ2n) is 8.48. The van der Waals surface area contributed by atoms with Gasteiger partial charge in [0.15, 0.2) is 0 Å². The van der Waals surface area contributed by atoms with Gasteiger partial charge in [-0.3, -0.25) is 14.8 Å². The Kier molecular flexibility index (Phi) is 6.60. The second-order valence-corrected chi connectivity index (χ2v) is 8.48. The van der Waals surface area contributed by atoms with Gasteiger partial charge in [-0.05, 0) is 48.0 Å². The maximum absolute atomic E-state index is 14.3. The number of alkyl halides is 3. The number of hydrogen-bond acceptors (Lipinski definition) is 6. The van der Waals surface area contributed by atoms with Gasteiger partial charge < -0.3 is 19.9 Å². The van der Waals surface area contributed by atoms with Crippen LogP contribution in [-0.4, -0.2) is 32.5 Å². The highest BCUT2D eigenvalue weighted by Gasteiger charge is 2.31. The maximum atomic E-state index is 14.3. The lowest BCUT2D eigenvalue weighted by Crippen LogP contribution is -2.18. The van der Waals surface area contributed by atoms with Crippen molar-refractivity contribution in [3.63, 3.8) is 0 Å². The van der Waals surface area contributed by atoms with Crippen LogP contribution in [0.25, 0.3) is 22.2 Å². The molecule has 0 aliphatic carbocycles. The largest absolute Gasteiger partial charge is 0.457 e. The van der Waals surface area contributed by atoms with Crippen molar-refractivity contribution in [3.05, 3.63) is 90.3 Å². The lowest BCUT2D eigenvalue weighted by molar-refractivity contribution is -0.137. The van der Waals surface area contributed by atoms with Gasteiger partial charge in [0.2, 0.25) is 5.95 Å². The Labute approximate surface area is 219 Å². The average molecular weight is 536 g/mol. The number of ether oxygens (including phenoxy) is 1. The van der Waals surface area contributed by atoms with Crippen LogP contribution >= 0.6 is 0 Å². The third-order valence-corrected chi connectivity index (χ3v) is 5.88. The number of anilines is 2. The Morgan fingerprint density at radius 3 is 2.54 bits per heavy atom. The minimum atomic E-state index is -4.65. The summed E-state index contributed by atoms with van der Waals surface area (Å²) in [7, 11) is 3.20. The number of aryl methyl sites for hydroxylation is 1. The number of pyridine rings is 2. The first-order valence-corrected chi connectivity index (χ1v) is 11.5. The van der Waals surface area contributed by atoms with Crippen LogP contribution in [0.4, 0.5) is 29.2 Å². The summed E-state index contributed by atoms with van der Waals surface area (Å²) in [5, 5.41) is 5.41. The number of halogens is 4. The number of benzene rings is 2. The van der Waals surface area contributed by atoms with Gasteiger partial charge in [0.05, 0.1) is 22.8 Å². The number of fused-ring (bicyclic) bond motifs is 1. The fourth-order valence-electron chi connectivity index (χ4n) is 3.98. The van der Waals surface area contributed by atoms with Crippen LogP contribution in [0.15, 0.2) is 73.2 Å². The van der Waals surface area contributed by atoms with E-state index in [2.05, 4.69) is 25.6 Å². The number of nitrogens with zero attached hydrogens (tertiary/aromatic N) is 4. The molecule has 0 unspecified atom stereocenters. The van der Waals surface area contributed by atoms with Crippen LogP contribution < -0.4 is 15.4 Å². The summed E-state index contributed by atoms with van der Waals surface area (Å²) in [6.45, 7) is 0. The summed E-state index contributed by atoms with van der Waals surface area (Å²) in [6, 6.07) is 12.7. The SMILES string of the molecule is CNC(=O)c1cc(Oc2ccc3c(c2)nc(Nc2cc(-c4ccncc4F)cc(C(F)(F)F)c2)n3C)ccn1. The molecular formula is C27H20F4N6O2. The first-order valence-electron chi connectivity index (χ1n) is 11.5. The molecule has 5 aromatic rings. The highest BCUT2D eigenvalue weighted by atomic mass is 19.4. The Hall–Kier alpha value is -5.00. The van der Waals surface area contributed by atoms with Gasteiger partial charge in [-0.25, -0.2) is 9.37 Å². The molecule has 3 aromatic heterocycles. The predicted octanol–water partition coefficient (Wildman–Crippen LogP) is 6.08. The van der Waals surface area contributed by atoms with Gasteiger partial charge in [0.25, 0.3) is 5.91 Å². The minimum Gasteiger partial charge on any atom is -0.457 e. The summed E-state index contributed by atoms with van der Waals surface area (Å²) in [4.78, 5) is 24.0. The lowest BCUT2D eigenvalue weighted by atomic mass is 10.0. The third-order valence-electron chi connectivity index (χ3n) is 5.88. The predicted molar refractivity (Wildman–Crippen MR) is 136 cm³/mol. The van der Waals surface area contributed by atoms with Crippen molar-refractivity contribution < 1.29 is 27.1 Å². The highest BCUT2D eigenvalue weighted by molar-refractivity contribution is 5.92. The van der Waals surface area contributed by atoms with Crippen molar-refractivity contribution >= 4 is 28.6 Å². The number of carbonyl (C=O) groups excluding carboxylic acids is 1. The van der Waals surface area contributed by atoms with Gasteiger partial charge in [-0.15, -0.1) is 0 Å². The molecule has 1 amide bonds. The molecule has 0 saturated heterocycles. The Balaban J connectivity index is 1.47. The number of amides is 1. The first kappa shape index (κ1) is 25.6. The fraction of sp³-hybridized carbons (Fsp3) is 0.111. The van der Waals surface area contributed by atoms with E-state index in [0.29, 0.717) is 22.5 Å². The molecular weight excluding hydrogens is 516 g/mol. The average Bonchev–Trinajstić information content (AvgIpc) is 3.22. The lowest BCUT2D eigenvalue weighted by Gasteiger charge is -2.14. The van der Waals surface area contributed by atoms with Gasteiger partial charge in [-0.2, -0.15) is 13.2 Å². The van der Waals surface area contributed by atoms with Crippen molar-refractivity contribution in [3.8, 4) is 22.6 Å². The molecule has 0 spiro atoms.